The van der Waals surface area contributed by atoms with E-state index in [0.717, 1.165) is 19.3 Å². The first kappa shape index (κ1) is 13.7. The second kappa shape index (κ2) is 5.47. The Bertz CT molecular complexity index is 450. The van der Waals surface area contributed by atoms with Crippen LogP contribution in [-0.2, 0) is 4.79 Å². The maximum Gasteiger partial charge on any atom is 0.143 e. The molecule has 0 N–H and O–H groups in total. The Morgan fingerprint density at radius 1 is 1.28 bits per heavy atom. The molecular formula is C14H15BrF2O. The average Bonchev–Trinajstić information content (AvgIpc) is 2.30. The smallest absolute Gasteiger partial charge is 0.143 e. The summed E-state index contributed by atoms with van der Waals surface area (Å²) in [6.07, 6.45) is 2.98. The molecule has 1 aliphatic carbocycles. The van der Waals surface area contributed by atoms with Crippen molar-refractivity contribution in [1.29, 1.82) is 0 Å². The zero-order chi connectivity index (χ0) is 13.3. The third-order valence-corrected chi connectivity index (χ3v) is 4.13. The summed E-state index contributed by atoms with van der Waals surface area (Å²) in [6, 6.07) is 2.45. The monoisotopic (exact) mass is 316 g/mol. The van der Waals surface area contributed by atoms with Crippen LogP contribution in [0.5, 0.6) is 0 Å². The molecule has 1 aromatic carbocycles. The van der Waals surface area contributed by atoms with Gasteiger partial charge in [-0.2, -0.15) is 0 Å². The summed E-state index contributed by atoms with van der Waals surface area (Å²) in [5.41, 5.74) is -0.0543. The van der Waals surface area contributed by atoms with Gasteiger partial charge < -0.3 is 0 Å². The van der Waals surface area contributed by atoms with E-state index in [-0.39, 0.29) is 17.3 Å². The summed E-state index contributed by atoms with van der Waals surface area (Å²) in [5.74, 6) is -1.93. The van der Waals surface area contributed by atoms with E-state index in [2.05, 4.69) is 15.9 Å². The molecule has 1 aromatic rings. The molecule has 2 rings (SSSR count). The van der Waals surface area contributed by atoms with Crippen LogP contribution in [0.4, 0.5) is 8.78 Å². The Labute approximate surface area is 114 Å². The van der Waals surface area contributed by atoms with Crippen LogP contribution in [0.1, 0.15) is 44.1 Å². The molecular weight excluding hydrogens is 302 g/mol. The van der Waals surface area contributed by atoms with Crippen molar-refractivity contribution in [1.82, 2.24) is 0 Å². The number of benzene rings is 1. The number of hydrogen-bond donors (Lipinski definition) is 0. The van der Waals surface area contributed by atoms with Crippen LogP contribution in [0.25, 0.3) is 0 Å². The summed E-state index contributed by atoms with van der Waals surface area (Å²) >= 11 is 3.05. The highest BCUT2D eigenvalue weighted by Gasteiger charge is 2.34. The number of carbonyl (C=O) groups excluding carboxylic acids is 1. The molecule has 0 aromatic heterocycles. The van der Waals surface area contributed by atoms with Gasteiger partial charge in [-0.15, -0.1) is 0 Å². The van der Waals surface area contributed by atoms with Gasteiger partial charge in [-0.05, 0) is 31.4 Å². The molecule has 1 aliphatic rings. The van der Waals surface area contributed by atoms with Gasteiger partial charge in [0.15, 0.2) is 0 Å². The van der Waals surface area contributed by atoms with Gasteiger partial charge in [0, 0.05) is 21.9 Å². The fourth-order valence-corrected chi connectivity index (χ4v) is 3.12. The number of hydrogen-bond acceptors (Lipinski definition) is 1. The van der Waals surface area contributed by atoms with E-state index in [4.69, 9.17) is 0 Å². The Morgan fingerprint density at radius 3 is 2.44 bits per heavy atom. The quantitative estimate of drug-likeness (QED) is 0.780. The van der Waals surface area contributed by atoms with Crippen molar-refractivity contribution in [3.63, 3.8) is 0 Å². The van der Waals surface area contributed by atoms with Crippen LogP contribution >= 0.6 is 15.9 Å². The van der Waals surface area contributed by atoms with Gasteiger partial charge in [0.2, 0.25) is 0 Å². The Hall–Kier alpha value is -0.770. The number of Topliss-reactive ketones (excluding diaryl/α,β-unsaturated/α-hetero) is 1. The molecule has 0 saturated heterocycles. The molecule has 0 amide bonds. The van der Waals surface area contributed by atoms with Gasteiger partial charge in [-0.25, -0.2) is 8.78 Å². The lowest BCUT2D eigenvalue weighted by Gasteiger charge is -2.27. The average molecular weight is 317 g/mol. The van der Waals surface area contributed by atoms with E-state index in [9.17, 15) is 13.6 Å². The van der Waals surface area contributed by atoms with Gasteiger partial charge in [0.25, 0.3) is 0 Å². The van der Waals surface area contributed by atoms with Gasteiger partial charge in [0.05, 0.1) is 0 Å². The SMILES string of the molecule is CCC1CCCC(c2c(F)cc(Br)cc2F)C1=O. The largest absolute Gasteiger partial charge is 0.299 e. The summed E-state index contributed by atoms with van der Waals surface area (Å²) in [7, 11) is 0. The molecule has 0 spiro atoms. The van der Waals surface area contributed by atoms with Crippen molar-refractivity contribution in [2.24, 2.45) is 5.92 Å². The lowest BCUT2D eigenvalue weighted by molar-refractivity contribution is -0.126. The maximum atomic E-state index is 13.9. The molecule has 0 aliphatic heterocycles. The summed E-state index contributed by atoms with van der Waals surface area (Å²) < 4.78 is 28.1. The van der Waals surface area contributed by atoms with Crippen LogP contribution in [0.15, 0.2) is 16.6 Å². The van der Waals surface area contributed by atoms with Gasteiger partial charge in [-0.1, -0.05) is 29.3 Å². The minimum absolute atomic E-state index is 0.0103. The van der Waals surface area contributed by atoms with E-state index in [1.165, 1.54) is 12.1 Å². The van der Waals surface area contributed by atoms with Gasteiger partial charge in [0.1, 0.15) is 17.4 Å². The molecule has 0 bridgehead atoms. The number of carbonyl (C=O) groups is 1. The van der Waals surface area contributed by atoms with Crippen LogP contribution in [0, 0.1) is 17.6 Å². The Morgan fingerprint density at radius 2 is 1.89 bits per heavy atom. The highest BCUT2D eigenvalue weighted by molar-refractivity contribution is 9.10. The Balaban J connectivity index is 2.39. The van der Waals surface area contributed by atoms with Crippen molar-refractivity contribution in [3.8, 4) is 0 Å². The minimum Gasteiger partial charge on any atom is -0.299 e. The predicted molar refractivity (Wildman–Crippen MR) is 69.4 cm³/mol. The Kier molecular flexibility index (Phi) is 4.15. The highest BCUT2D eigenvalue weighted by Crippen LogP contribution is 2.37. The van der Waals surface area contributed by atoms with Gasteiger partial charge >= 0.3 is 0 Å². The molecule has 98 valence electrons. The number of halogens is 3. The fraction of sp³-hybridized carbons (Fsp3) is 0.500. The van der Waals surface area contributed by atoms with E-state index >= 15 is 0 Å². The molecule has 4 heteroatoms. The molecule has 1 fully saturated rings. The third-order valence-electron chi connectivity index (χ3n) is 3.68. The zero-order valence-corrected chi connectivity index (χ0v) is 11.8. The fourth-order valence-electron chi connectivity index (χ4n) is 2.72. The molecule has 0 radical (unpaired) electrons. The lowest BCUT2D eigenvalue weighted by atomic mass is 9.75. The molecule has 0 heterocycles. The lowest BCUT2D eigenvalue weighted by Crippen LogP contribution is -2.27. The molecule has 18 heavy (non-hydrogen) atoms. The third kappa shape index (κ3) is 2.48. The first-order valence-corrected chi connectivity index (χ1v) is 7.02. The van der Waals surface area contributed by atoms with Crippen molar-refractivity contribution in [3.05, 3.63) is 33.8 Å². The predicted octanol–water partition coefficient (Wildman–Crippen LogP) is 4.59. The van der Waals surface area contributed by atoms with Crippen LogP contribution in [0.3, 0.4) is 0 Å². The molecule has 1 nitrogen and oxygen atoms in total. The van der Waals surface area contributed by atoms with E-state index in [1.807, 2.05) is 6.92 Å². The maximum absolute atomic E-state index is 13.9. The summed E-state index contributed by atoms with van der Waals surface area (Å²) in [5, 5.41) is 0. The summed E-state index contributed by atoms with van der Waals surface area (Å²) in [6.45, 7) is 1.94. The molecule has 2 atom stereocenters. The molecule has 2 unspecified atom stereocenters. The first-order chi connectivity index (χ1) is 8.54. The van der Waals surface area contributed by atoms with E-state index in [0.29, 0.717) is 10.9 Å². The van der Waals surface area contributed by atoms with E-state index in [1.54, 1.807) is 0 Å². The normalized spacial score (nSPS) is 24.3. The van der Waals surface area contributed by atoms with E-state index < -0.39 is 17.6 Å². The van der Waals surface area contributed by atoms with Gasteiger partial charge in [-0.3, -0.25) is 4.79 Å². The second-order valence-electron chi connectivity index (χ2n) is 4.77. The van der Waals surface area contributed by atoms with Crippen LogP contribution in [-0.4, -0.2) is 5.78 Å². The number of rotatable bonds is 2. The van der Waals surface area contributed by atoms with Crippen molar-refractivity contribution in [2.45, 2.75) is 38.5 Å². The van der Waals surface area contributed by atoms with Crippen molar-refractivity contribution >= 4 is 21.7 Å². The number of ketones is 1. The zero-order valence-electron chi connectivity index (χ0n) is 10.2. The summed E-state index contributed by atoms with van der Waals surface area (Å²) in [4.78, 5) is 12.2. The molecule has 1 saturated carbocycles. The van der Waals surface area contributed by atoms with Crippen LogP contribution in [0.2, 0.25) is 0 Å². The van der Waals surface area contributed by atoms with Crippen molar-refractivity contribution < 1.29 is 13.6 Å². The first-order valence-electron chi connectivity index (χ1n) is 6.22. The van der Waals surface area contributed by atoms with Crippen molar-refractivity contribution in [2.75, 3.05) is 0 Å². The second-order valence-corrected chi connectivity index (χ2v) is 5.69. The standard InChI is InChI=1S/C14H15BrF2O/c1-2-8-4-3-5-10(14(8)18)13-11(16)6-9(15)7-12(13)17/h6-8,10H,2-5H2,1H3. The topological polar surface area (TPSA) is 17.1 Å². The highest BCUT2D eigenvalue weighted by atomic mass is 79.9. The van der Waals surface area contributed by atoms with Crippen LogP contribution < -0.4 is 0 Å². The minimum atomic E-state index is -0.628.